The first-order valence-corrected chi connectivity index (χ1v) is 6.01. The van der Waals surface area contributed by atoms with Crippen molar-refractivity contribution in [3.05, 3.63) is 0 Å². The van der Waals surface area contributed by atoms with Crippen molar-refractivity contribution < 1.29 is 14.3 Å². The van der Waals surface area contributed by atoms with Gasteiger partial charge in [0.15, 0.2) is 0 Å². The molecule has 1 rings (SSSR count). The molecule has 1 saturated heterocycles. The summed E-state index contributed by atoms with van der Waals surface area (Å²) >= 11 is 0. The van der Waals surface area contributed by atoms with Crippen LogP contribution in [0.3, 0.4) is 0 Å². The second kappa shape index (κ2) is 5.64. The highest BCUT2D eigenvalue weighted by atomic mass is 16.6. The zero-order chi connectivity index (χ0) is 12.3. The topological polar surface area (TPSA) is 61.5 Å². The Labute approximate surface area is 97.5 Å². The van der Waals surface area contributed by atoms with Crippen molar-refractivity contribution in [2.24, 2.45) is 11.7 Å². The maximum absolute atomic E-state index is 11.7. The number of nitrogens with two attached hydrogens (primary N) is 1. The average molecular weight is 229 g/mol. The van der Waals surface area contributed by atoms with E-state index in [9.17, 15) is 4.79 Å². The Morgan fingerprint density at radius 2 is 1.81 bits per heavy atom. The standard InChI is InChI=1S/C12H23NO3/c1-7(2)11(13)12(14)16-10-5-8(3)15-9(4)6-10/h7-11H,5-6,13H2,1-4H3/t8?,9?,10?,11-/m0/s1. The summed E-state index contributed by atoms with van der Waals surface area (Å²) < 4.78 is 11.0. The van der Waals surface area contributed by atoms with Gasteiger partial charge in [-0.2, -0.15) is 0 Å². The van der Waals surface area contributed by atoms with Gasteiger partial charge in [-0.1, -0.05) is 13.8 Å². The third-order valence-electron chi connectivity index (χ3n) is 2.93. The fraction of sp³-hybridized carbons (Fsp3) is 0.917. The molecule has 0 aromatic heterocycles. The summed E-state index contributed by atoms with van der Waals surface area (Å²) in [6.07, 6.45) is 1.78. The van der Waals surface area contributed by atoms with Crippen molar-refractivity contribution in [1.29, 1.82) is 0 Å². The van der Waals surface area contributed by atoms with Gasteiger partial charge in [-0.3, -0.25) is 4.79 Å². The summed E-state index contributed by atoms with van der Waals surface area (Å²) in [4.78, 5) is 11.7. The Kier molecular flexibility index (Phi) is 4.74. The maximum Gasteiger partial charge on any atom is 0.323 e. The molecule has 0 aliphatic carbocycles. The van der Waals surface area contributed by atoms with Crippen LogP contribution < -0.4 is 5.73 Å². The minimum Gasteiger partial charge on any atom is -0.461 e. The van der Waals surface area contributed by atoms with E-state index >= 15 is 0 Å². The summed E-state index contributed by atoms with van der Waals surface area (Å²) in [5.74, 6) is -0.177. The lowest BCUT2D eigenvalue weighted by molar-refractivity contribution is -0.162. The number of carbonyl (C=O) groups is 1. The minimum absolute atomic E-state index is 0.0453. The summed E-state index contributed by atoms with van der Waals surface area (Å²) in [6, 6.07) is -0.520. The largest absolute Gasteiger partial charge is 0.461 e. The van der Waals surface area contributed by atoms with Crippen LogP contribution in [0.25, 0.3) is 0 Å². The molecule has 1 heterocycles. The van der Waals surface area contributed by atoms with Crippen LogP contribution in [0.1, 0.15) is 40.5 Å². The van der Waals surface area contributed by atoms with Crippen LogP contribution >= 0.6 is 0 Å². The molecule has 0 amide bonds. The molecule has 1 aliphatic heterocycles. The Bertz CT molecular complexity index is 232. The number of rotatable bonds is 3. The van der Waals surface area contributed by atoms with Gasteiger partial charge in [0, 0.05) is 12.8 Å². The quantitative estimate of drug-likeness (QED) is 0.744. The summed E-state index contributed by atoms with van der Waals surface area (Å²) in [7, 11) is 0. The molecule has 0 saturated carbocycles. The molecule has 2 N–H and O–H groups in total. The van der Waals surface area contributed by atoms with Crippen LogP contribution in [-0.4, -0.2) is 30.3 Å². The van der Waals surface area contributed by atoms with Gasteiger partial charge in [0.1, 0.15) is 12.1 Å². The van der Waals surface area contributed by atoms with Gasteiger partial charge in [0.25, 0.3) is 0 Å². The van der Waals surface area contributed by atoms with Crippen LogP contribution in [-0.2, 0) is 14.3 Å². The van der Waals surface area contributed by atoms with Gasteiger partial charge in [0.2, 0.25) is 0 Å². The Hall–Kier alpha value is -0.610. The molecule has 16 heavy (non-hydrogen) atoms. The normalized spacial score (nSPS) is 32.5. The van der Waals surface area contributed by atoms with Gasteiger partial charge < -0.3 is 15.2 Å². The van der Waals surface area contributed by atoms with Crippen LogP contribution in [0, 0.1) is 5.92 Å². The summed E-state index contributed by atoms with van der Waals surface area (Å²) in [5.41, 5.74) is 5.74. The highest BCUT2D eigenvalue weighted by Crippen LogP contribution is 2.22. The molecule has 0 radical (unpaired) electrons. The molecular weight excluding hydrogens is 206 g/mol. The van der Waals surface area contributed by atoms with Crippen molar-refractivity contribution in [3.63, 3.8) is 0 Å². The Morgan fingerprint density at radius 3 is 2.25 bits per heavy atom. The van der Waals surface area contributed by atoms with Crippen LogP contribution in [0.4, 0.5) is 0 Å². The van der Waals surface area contributed by atoms with E-state index in [-0.39, 0.29) is 30.2 Å². The molecule has 4 heteroatoms. The van der Waals surface area contributed by atoms with Gasteiger partial charge in [0.05, 0.1) is 12.2 Å². The SMILES string of the molecule is CC1CC(OC(=O)[C@@H](N)C(C)C)CC(C)O1. The first-order chi connectivity index (χ1) is 7.40. The number of ether oxygens (including phenoxy) is 2. The lowest BCUT2D eigenvalue weighted by atomic mass is 10.0. The van der Waals surface area contributed by atoms with Crippen molar-refractivity contribution in [2.45, 2.75) is 64.9 Å². The van der Waals surface area contributed by atoms with E-state index in [0.29, 0.717) is 0 Å². The van der Waals surface area contributed by atoms with Crippen LogP contribution in [0.2, 0.25) is 0 Å². The molecule has 94 valence electrons. The number of hydrogen-bond donors (Lipinski definition) is 1. The average Bonchev–Trinajstić information content (AvgIpc) is 2.14. The lowest BCUT2D eigenvalue weighted by Gasteiger charge is -2.32. The molecule has 0 spiro atoms. The smallest absolute Gasteiger partial charge is 0.323 e. The Balaban J connectivity index is 2.44. The third-order valence-corrected chi connectivity index (χ3v) is 2.93. The first kappa shape index (κ1) is 13.5. The van der Waals surface area contributed by atoms with E-state index in [2.05, 4.69) is 0 Å². The first-order valence-electron chi connectivity index (χ1n) is 6.01. The van der Waals surface area contributed by atoms with E-state index in [0.717, 1.165) is 12.8 Å². The van der Waals surface area contributed by atoms with Gasteiger partial charge in [-0.15, -0.1) is 0 Å². The second-order valence-electron chi connectivity index (χ2n) is 5.06. The minimum atomic E-state index is -0.520. The predicted octanol–water partition coefficient (Wildman–Crippen LogP) is 1.47. The van der Waals surface area contributed by atoms with Crippen LogP contribution in [0.15, 0.2) is 0 Å². The van der Waals surface area contributed by atoms with Gasteiger partial charge in [-0.25, -0.2) is 0 Å². The monoisotopic (exact) mass is 229 g/mol. The van der Waals surface area contributed by atoms with Gasteiger partial charge in [-0.05, 0) is 19.8 Å². The van der Waals surface area contributed by atoms with E-state index in [1.807, 2.05) is 27.7 Å². The van der Waals surface area contributed by atoms with E-state index in [1.54, 1.807) is 0 Å². The lowest BCUT2D eigenvalue weighted by Crippen LogP contribution is -2.42. The maximum atomic E-state index is 11.7. The zero-order valence-corrected chi connectivity index (χ0v) is 10.6. The second-order valence-corrected chi connectivity index (χ2v) is 5.06. The van der Waals surface area contributed by atoms with Crippen molar-refractivity contribution in [3.8, 4) is 0 Å². The zero-order valence-electron chi connectivity index (χ0n) is 10.6. The molecule has 1 fully saturated rings. The molecule has 0 aromatic rings. The molecule has 0 bridgehead atoms. The molecule has 4 nitrogen and oxygen atoms in total. The van der Waals surface area contributed by atoms with E-state index < -0.39 is 6.04 Å². The fourth-order valence-electron chi connectivity index (χ4n) is 1.96. The molecule has 0 aromatic carbocycles. The third kappa shape index (κ3) is 3.76. The van der Waals surface area contributed by atoms with Crippen molar-refractivity contribution >= 4 is 5.97 Å². The number of esters is 1. The number of carbonyl (C=O) groups excluding carboxylic acids is 1. The van der Waals surface area contributed by atoms with Crippen molar-refractivity contribution in [1.82, 2.24) is 0 Å². The van der Waals surface area contributed by atoms with Gasteiger partial charge >= 0.3 is 5.97 Å². The highest BCUT2D eigenvalue weighted by molar-refractivity contribution is 5.75. The highest BCUT2D eigenvalue weighted by Gasteiger charge is 2.29. The molecular formula is C12H23NO3. The fourth-order valence-corrected chi connectivity index (χ4v) is 1.96. The number of hydrogen-bond acceptors (Lipinski definition) is 4. The molecule has 3 atom stereocenters. The predicted molar refractivity (Wildman–Crippen MR) is 61.9 cm³/mol. The molecule has 2 unspecified atom stereocenters. The molecule has 1 aliphatic rings. The van der Waals surface area contributed by atoms with E-state index in [1.165, 1.54) is 0 Å². The van der Waals surface area contributed by atoms with Crippen LogP contribution in [0.5, 0.6) is 0 Å². The summed E-state index contributed by atoms with van der Waals surface area (Å²) in [6.45, 7) is 7.83. The van der Waals surface area contributed by atoms with E-state index in [4.69, 9.17) is 15.2 Å². The Morgan fingerprint density at radius 1 is 1.31 bits per heavy atom. The van der Waals surface area contributed by atoms with Crippen molar-refractivity contribution in [2.75, 3.05) is 0 Å². The summed E-state index contributed by atoms with van der Waals surface area (Å²) in [5, 5.41) is 0.